The third-order valence-electron chi connectivity index (χ3n) is 3.38. The molecule has 0 saturated carbocycles. The predicted molar refractivity (Wildman–Crippen MR) is 83.8 cm³/mol. The molecular formula is C15H20N4O2. The molecule has 6 heteroatoms. The molecule has 0 radical (unpaired) electrons. The molecule has 112 valence electrons. The summed E-state index contributed by atoms with van der Waals surface area (Å²) in [5.41, 5.74) is 7.23. The number of benzene rings is 1. The van der Waals surface area contributed by atoms with E-state index in [2.05, 4.69) is 15.0 Å². The average molecular weight is 288 g/mol. The van der Waals surface area contributed by atoms with Gasteiger partial charge in [-0.25, -0.2) is 4.98 Å². The van der Waals surface area contributed by atoms with Crippen LogP contribution in [0, 0.1) is 0 Å². The minimum Gasteiger partial charge on any atom is -0.409 e. The van der Waals surface area contributed by atoms with Crippen LogP contribution in [0.3, 0.4) is 0 Å². The molecule has 2 rings (SSSR count). The van der Waals surface area contributed by atoms with E-state index in [-0.39, 0.29) is 12.4 Å². The fourth-order valence-electron chi connectivity index (χ4n) is 2.29. The Morgan fingerprint density at radius 1 is 1.38 bits per heavy atom. The number of nitrogens with two attached hydrogens (primary N) is 1. The highest BCUT2D eigenvalue weighted by molar-refractivity contribution is 6.08. The molecule has 0 spiro atoms. The van der Waals surface area contributed by atoms with E-state index in [0.29, 0.717) is 18.5 Å². The maximum atomic E-state index is 8.99. The summed E-state index contributed by atoms with van der Waals surface area (Å²) in [6.45, 7) is 3.63. The minimum absolute atomic E-state index is 0.0630. The van der Waals surface area contributed by atoms with Crippen LogP contribution in [-0.4, -0.2) is 40.8 Å². The van der Waals surface area contributed by atoms with Crippen LogP contribution in [0.25, 0.3) is 10.9 Å². The first-order valence-electron chi connectivity index (χ1n) is 6.94. The molecule has 4 N–H and O–H groups in total. The number of hydrogen-bond acceptors (Lipinski definition) is 5. The highest BCUT2D eigenvalue weighted by Gasteiger charge is 2.13. The third-order valence-corrected chi connectivity index (χ3v) is 3.38. The summed E-state index contributed by atoms with van der Waals surface area (Å²) in [5.74, 6) is 0.819. The Bertz CT molecular complexity index is 643. The van der Waals surface area contributed by atoms with Crippen LogP contribution in [0.4, 0.5) is 5.82 Å². The Hall–Kier alpha value is -2.34. The van der Waals surface area contributed by atoms with Gasteiger partial charge in [-0.15, -0.1) is 0 Å². The Balaban J connectivity index is 2.54. The quantitative estimate of drug-likeness (QED) is 0.324. The highest BCUT2D eigenvalue weighted by Crippen LogP contribution is 2.23. The summed E-state index contributed by atoms with van der Waals surface area (Å²) >= 11 is 0. The molecule has 0 aliphatic rings. The van der Waals surface area contributed by atoms with E-state index in [9.17, 15) is 0 Å². The summed E-state index contributed by atoms with van der Waals surface area (Å²) in [6, 6.07) is 9.40. The van der Waals surface area contributed by atoms with E-state index >= 15 is 0 Å². The number of oxime groups is 1. The molecule has 0 saturated heterocycles. The number of para-hydroxylation sites is 1. The predicted octanol–water partition coefficient (Wildman–Crippen LogP) is 1.54. The normalized spacial score (nSPS) is 11.8. The summed E-state index contributed by atoms with van der Waals surface area (Å²) < 4.78 is 0. The number of aliphatic hydroxyl groups is 1. The molecular weight excluding hydrogens is 268 g/mol. The molecule has 0 aliphatic heterocycles. The number of amidine groups is 1. The van der Waals surface area contributed by atoms with Crippen LogP contribution >= 0.6 is 0 Å². The number of pyridine rings is 1. The Morgan fingerprint density at radius 2 is 2.14 bits per heavy atom. The van der Waals surface area contributed by atoms with Crippen molar-refractivity contribution in [1.29, 1.82) is 0 Å². The number of hydrogen-bond donors (Lipinski definition) is 3. The van der Waals surface area contributed by atoms with E-state index in [1.165, 1.54) is 0 Å². The zero-order chi connectivity index (χ0) is 15.2. The van der Waals surface area contributed by atoms with Crippen molar-refractivity contribution in [2.45, 2.75) is 13.3 Å². The summed E-state index contributed by atoms with van der Waals surface area (Å²) in [5, 5.41) is 21.9. The molecule has 21 heavy (non-hydrogen) atoms. The standard InChI is InChI=1S/C15H20N4O2/c1-2-19(8-5-9-20)14-10-12(15(16)18-21)11-6-3-4-7-13(11)17-14/h3-4,6-7,10,20-21H,2,5,8-9H2,1H3,(H2,16,18). The van der Waals surface area contributed by atoms with Gasteiger partial charge in [0.05, 0.1) is 5.52 Å². The molecule has 0 fully saturated rings. The van der Waals surface area contributed by atoms with Crippen molar-refractivity contribution in [3.63, 3.8) is 0 Å². The molecule has 1 aromatic carbocycles. The number of nitrogens with zero attached hydrogens (tertiary/aromatic N) is 3. The molecule has 1 heterocycles. The van der Waals surface area contributed by atoms with E-state index in [1.54, 1.807) is 0 Å². The van der Waals surface area contributed by atoms with Gasteiger partial charge < -0.3 is 20.9 Å². The average Bonchev–Trinajstić information content (AvgIpc) is 2.54. The van der Waals surface area contributed by atoms with Crippen molar-refractivity contribution in [2.24, 2.45) is 10.9 Å². The van der Waals surface area contributed by atoms with Crippen LogP contribution in [0.2, 0.25) is 0 Å². The maximum Gasteiger partial charge on any atom is 0.170 e. The number of aliphatic hydroxyl groups excluding tert-OH is 1. The molecule has 0 aliphatic carbocycles. The third kappa shape index (κ3) is 3.22. The Morgan fingerprint density at radius 3 is 2.81 bits per heavy atom. The van der Waals surface area contributed by atoms with Gasteiger partial charge in [0.1, 0.15) is 5.82 Å². The molecule has 1 aromatic heterocycles. The van der Waals surface area contributed by atoms with Crippen molar-refractivity contribution in [3.05, 3.63) is 35.9 Å². The van der Waals surface area contributed by atoms with Gasteiger partial charge in [-0.3, -0.25) is 0 Å². The van der Waals surface area contributed by atoms with Gasteiger partial charge in [0, 0.05) is 30.6 Å². The van der Waals surface area contributed by atoms with Gasteiger partial charge in [0.25, 0.3) is 0 Å². The second-order valence-corrected chi connectivity index (χ2v) is 4.69. The van der Waals surface area contributed by atoms with Crippen molar-refractivity contribution in [3.8, 4) is 0 Å². The van der Waals surface area contributed by atoms with Crippen LogP contribution in [0.5, 0.6) is 0 Å². The fraction of sp³-hybridized carbons (Fsp3) is 0.333. The molecule has 6 nitrogen and oxygen atoms in total. The zero-order valence-corrected chi connectivity index (χ0v) is 12.0. The first-order chi connectivity index (χ1) is 10.2. The van der Waals surface area contributed by atoms with Crippen molar-refractivity contribution < 1.29 is 10.3 Å². The van der Waals surface area contributed by atoms with E-state index in [1.807, 2.05) is 37.3 Å². The van der Waals surface area contributed by atoms with Crippen LogP contribution in [0.15, 0.2) is 35.5 Å². The number of anilines is 1. The van der Waals surface area contributed by atoms with E-state index in [4.69, 9.17) is 16.0 Å². The number of rotatable bonds is 6. The maximum absolute atomic E-state index is 8.99. The lowest BCUT2D eigenvalue weighted by atomic mass is 10.1. The van der Waals surface area contributed by atoms with Crippen molar-refractivity contribution >= 4 is 22.6 Å². The Labute approximate surface area is 123 Å². The van der Waals surface area contributed by atoms with E-state index in [0.717, 1.165) is 23.3 Å². The summed E-state index contributed by atoms with van der Waals surface area (Å²) in [6.07, 6.45) is 0.668. The van der Waals surface area contributed by atoms with E-state index < -0.39 is 0 Å². The number of aromatic nitrogens is 1. The van der Waals surface area contributed by atoms with Crippen LogP contribution in [0.1, 0.15) is 18.9 Å². The van der Waals surface area contributed by atoms with Gasteiger partial charge >= 0.3 is 0 Å². The highest BCUT2D eigenvalue weighted by atomic mass is 16.4. The lowest BCUT2D eigenvalue weighted by Crippen LogP contribution is -2.26. The van der Waals surface area contributed by atoms with Gasteiger partial charge in [0.15, 0.2) is 5.84 Å². The summed E-state index contributed by atoms with van der Waals surface area (Å²) in [4.78, 5) is 6.68. The smallest absolute Gasteiger partial charge is 0.170 e. The van der Waals surface area contributed by atoms with Gasteiger partial charge in [-0.2, -0.15) is 0 Å². The SMILES string of the molecule is CCN(CCCO)c1cc(/C(N)=N/O)c2ccccc2n1. The molecule has 2 aromatic rings. The minimum atomic E-state index is 0.0630. The topological polar surface area (TPSA) is 95.0 Å². The molecule has 0 amide bonds. The monoisotopic (exact) mass is 288 g/mol. The van der Waals surface area contributed by atoms with Crippen LogP contribution < -0.4 is 10.6 Å². The molecule has 0 atom stereocenters. The van der Waals surface area contributed by atoms with Gasteiger partial charge in [0.2, 0.25) is 0 Å². The largest absolute Gasteiger partial charge is 0.409 e. The van der Waals surface area contributed by atoms with Gasteiger partial charge in [-0.05, 0) is 25.5 Å². The zero-order valence-electron chi connectivity index (χ0n) is 12.0. The first kappa shape index (κ1) is 15.1. The lowest BCUT2D eigenvalue weighted by Gasteiger charge is -2.22. The lowest BCUT2D eigenvalue weighted by molar-refractivity contribution is 0.289. The number of fused-ring (bicyclic) bond motifs is 1. The second-order valence-electron chi connectivity index (χ2n) is 4.69. The second kappa shape index (κ2) is 6.90. The van der Waals surface area contributed by atoms with Crippen molar-refractivity contribution in [2.75, 3.05) is 24.6 Å². The Kier molecular flexibility index (Phi) is 4.94. The fourth-order valence-corrected chi connectivity index (χ4v) is 2.29. The molecule has 0 bridgehead atoms. The molecule has 0 unspecified atom stereocenters. The summed E-state index contributed by atoms with van der Waals surface area (Å²) in [7, 11) is 0. The van der Waals surface area contributed by atoms with Gasteiger partial charge in [-0.1, -0.05) is 23.4 Å². The van der Waals surface area contributed by atoms with Crippen LogP contribution in [-0.2, 0) is 0 Å². The first-order valence-corrected chi connectivity index (χ1v) is 6.94. The van der Waals surface area contributed by atoms with Crippen molar-refractivity contribution in [1.82, 2.24) is 4.98 Å².